The third-order valence-corrected chi connectivity index (χ3v) is 5.50. The average molecular weight is 361 g/mol. The van der Waals surface area contributed by atoms with E-state index >= 15 is 0 Å². The minimum atomic E-state index is -0.125. The zero-order valence-corrected chi connectivity index (χ0v) is 15.5. The van der Waals surface area contributed by atoms with Gasteiger partial charge in [0.1, 0.15) is 5.82 Å². The standard InChI is InChI=1S/C17H23N5O2S/c1-11(2)22-15(8-9-19-22)20-17(24)21-10-4-5-12(21)13-6-7-14(25-13)16(23)18-3/h6-9,11-12H,4-5,10H2,1-3H3,(H,18,23)(H,20,24). The van der Waals surface area contributed by atoms with Crippen molar-refractivity contribution >= 4 is 29.1 Å². The zero-order chi connectivity index (χ0) is 18.0. The molecule has 25 heavy (non-hydrogen) atoms. The zero-order valence-electron chi connectivity index (χ0n) is 14.7. The van der Waals surface area contributed by atoms with Gasteiger partial charge in [-0.05, 0) is 38.8 Å². The van der Waals surface area contributed by atoms with Crippen LogP contribution in [0, 0.1) is 0 Å². The Balaban J connectivity index is 1.74. The highest BCUT2D eigenvalue weighted by Crippen LogP contribution is 2.36. The van der Waals surface area contributed by atoms with Gasteiger partial charge < -0.3 is 10.2 Å². The first-order valence-corrected chi connectivity index (χ1v) is 9.26. The molecule has 0 radical (unpaired) electrons. The summed E-state index contributed by atoms with van der Waals surface area (Å²) in [4.78, 5) is 28.1. The lowest BCUT2D eigenvalue weighted by molar-refractivity contribution is 0.0967. The van der Waals surface area contributed by atoms with E-state index in [9.17, 15) is 9.59 Å². The molecular weight excluding hydrogens is 338 g/mol. The molecule has 3 heterocycles. The Morgan fingerprint density at radius 3 is 2.84 bits per heavy atom. The number of anilines is 1. The number of hydrogen-bond donors (Lipinski definition) is 2. The molecular formula is C17H23N5O2S. The number of nitrogens with zero attached hydrogens (tertiary/aromatic N) is 3. The molecule has 2 aromatic heterocycles. The molecule has 1 aliphatic heterocycles. The van der Waals surface area contributed by atoms with Gasteiger partial charge in [0.15, 0.2) is 0 Å². The fourth-order valence-corrected chi connectivity index (χ4v) is 4.19. The largest absolute Gasteiger partial charge is 0.354 e. The number of nitrogens with one attached hydrogen (secondary N) is 2. The van der Waals surface area contributed by atoms with Crippen molar-refractivity contribution in [2.24, 2.45) is 0 Å². The summed E-state index contributed by atoms with van der Waals surface area (Å²) in [5.41, 5.74) is 0. The highest BCUT2D eigenvalue weighted by Gasteiger charge is 2.32. The number of amides is 3. The lowest BCUT2D eigenvalue weighted by Gasteiger charge is -2.24. The summed E-state index contributed by atoms with van der Waals surface area (Å²) in [6.45, 7) is 4.75. The van der Waals surface area contributed by atoms with Crippen molar-refractivity contribution in [1.29, 1.82) is 0 Å². The minimum absolute atomic E-state index is 0.0128. The molecule has 2 N–H and O–H groups in total. The van der Waals surface area contributed by atoms with Crippen LogP contribution in [0.4, 0.5) is 10.6 Å². The summed E-state index contributed by atoms with van der Waals surface area (Å²) in [5, 5.41) is 9.85. The van der Waals surface area contributed by atoms with Crippen LogP contribution in [0.1, 0.15) is 53.3 Å². The molecule has 2 aromatic rings. The lowest BCUT2D eigenvalue weighted by Crippen LogP contribution is -2.34. The second-order valence-corrected chi connectivity index (χ2v) is 7.43. The molecule has 0 aliphatic carbocycles. The first-order chi connectivity index (χ1) is 12.0. The molecule has 0 aromatic carbocycles. The van der Waals surface area contributed by atoms with E-state index in [1.54, 1.807) is 24.0 Å². The highest BCUT2D eigenvalue weighted by atomic mass is 32.1. The quantitative estimate of drug-likeness (QED) is 0.877. The van der Waals surface area contributed by atoms with Gasteiger partial charge in [0.05, 0.1) is 17.1 Å². The second-order valence-electron chi connectivity index (χ2n) is 6.32. The Morgan fingerprint density at radius 1 is 1.32 bits per heavy atom. The lowest BCUT2D eigenvalue weighted by atomic mass is 10.2. The number of rotatable bonds is 4. The molecule has 3 amide bonds. The molecule has 0 saturated carbocycles. The van der Waals surface area contributed by atoms with Crippen LogP contribution < -0.4 is 10.6 Å². The number of urea groups is 1. The molecule has 1 fully saturated rings. The van der Waals surface area contributed by atoms with Crippen LogP contribution in [-0.4, -0.2) is 40.2 Å². The van der Waals surface area contributed by atoms with Crippen molar-refractivity contribution in [3.63, 3.8) is 0 Å². The smallest absolute Gasteiger partial charge is 0.323 e. The van der Waals surface area contributed by atoms with Crippen molar-refractivity contribution in [1.82, 2.24) is 20.0 Å². The number of carbonyl (C=O) groups is 2. The summed E-state index contributed by atoms with van der Waals surface area (Å²) in [6, 6.07) is 5.63. The Labute approximate surface area is 151 Å². The van der Waals surface area contributed by atoms with Crippen LogP contribution in [0.2, 0.25) is 0 Å². The molecule has 8 heteroatoms. The predicted molar refractivity (Wildman–Crippen MR) is 98.0 cm³/mol. The monoisotopic (exact) mass is 361 g/mol. The van der Waals surface area contributed by atoms with Gasteiger partial charge in [0, 0.05) is 30.6 Å². The SMILES string of the molecule is CNC(=O)c1ccc(C2CCCN2C(=O)Nc2ccnn2C(C)C)s1. The van der Waals surface area contributed by atoms with Gasteiger partial charge in [-0.15, -0.1) is 11.3 Å². The van der Waals surface area contributed by atoms with Gasteiger partial charge in [0.25, 0.3) is 5.91 Å². The van der Waals surface area contributed by atoms with Crippen LogP contribution in [0.3, 0.4) is 0 Å². The summed E-state index contributed by atoms with van der Waals surface area (Å²) < 4.78 is 1.79. The molecule has 1 aliphatic rings. The number of carbonyl (C=O) groups excluding carboxylic acids is 2. The molecule has 3 rings (SSSR count). The maximum atomic E-state index is 12.8. The fourth-order valence-electron chi connectivity index (χ4n) is 3.09. The highest BCUT2D eigenvalue weighted by molar-refractivity contribution is 7.14. The topological polar surface area (TPSA) is 79.3 Å². The van der Waals surface area contributed by atoms with Crippen molar-refractivity contribution in [2.45, 2.75) is 38.8 Å². The van der Waals surface area contributed by atoms with Crippen molar-refractivity contribution in [3.8, 4) is 0 Å². The second kappa shape index (κ2) is 7.26. The number of likely N-dealkylation sites (tertiary alicyclic amines) is 1. The minimum Gasteiger partial charge on any atom is -0.354 e. The number of aromatic nitrogens is 2. The Hall–Kier alpha value is -2.35. The number of thiophene rings is 1. The summed E-state index contributed by atoms with van der Waals surface area (Å²) >= 11 is 1.45. The van der Waals surface area contributed by atoms with Crippen molar-refractivity contribution < 1.29 is 9.59 Å². The van der Waals surface area contributed by atoms with E-state index in [0.29, 0.717) is 17.2 Å². The maximum absolute atomic E-state index is 12.8. The van der Waals surface area contributed by atoms with Crippen molar-refractivity contribution in [3.05, 3.63) is 34.2 Å². The Bertz CT molecular complexity index is 767. The van der Waals surface area contributed by atoms with Gasteiger partial charge in [-0.1, -0.05) is 0 Å². The van der Waals surface area contributed by atoms with Gasteiger partial charge in [-0.3, -0.25) is 10.1 Å². The molecule has 0 spiro atoms. The van der Waals surface area contributed by atoms with E-state index in [2.05, 4.69) is 15.7 Å². The van der Waals surface area contributed by atoms with E-state index in [4.69, 9.17) is 0 Å². The maximum Gasteiger partial charge on any atom is 0.323 e. The first-order valence-electron chi connectivity index (χ1n) is 8.44. The molecule has 1 atom stereocenters. The van der Waals surface area contributed by atoms with Gasteiger partial charge in [-0.25, -0.2) is 9.48 Å². The third-order valence-electron chi connectivity index (χ3n) is 4.31. The van der Waals surface area contributed by atoms with E-state index in [-0.39, 0.29) is 24.0 Å². The molecule has 1 unspecified atom stereocenters. The van der Waals surface area contributed by atoms with Gasteiger partial charge in [0.2, 0.25) is 0 Å². The van der Waals surface area contributed by atoms with Crippen LogP contribution in [0.5, 0.6) is 0 Å². The molecule has 0 bridgehead atoms. The predicted octanol–water partition coefficient (Wildman–Crippen LogP) is 3.25. The van der Waals surface area contributed by atoms with E-state index in [1.165, 1.54) is 11.3 Å². The normalized spacial score (nSPS) is 17.1. The summed E-state index contributed by atoms with van der Waals surface area (Å²) in [7, 11) is 1.62. The van der Waals surface area contributed by atoms with Crippen molar-refractivity contribution in [2.75, 3.05) is 18.9 Å². The van der Waals surface area contributed by atoms with Gasteiger partial charge in [-0.2, -0.15) is 5.10 Å². The summed E-state index contributed by atoms with van der Waals surface area (Å²) in [6.07, 6.45) is 3.55. The fraction of sp³-hybridized carbons (Fsp3) is 0.471. The molecule has 134 valence electrons. The van der Waals surface area contributed by atoms with Crippen LogP contribution in [0.25, 0.3) is 0 Å². The van der Waals surface area contributed by atoms with E-state index in [0.717, 1.165) is 17.7 Å². The van der Waals surface area contributed by atoms with Gasteiger partial charge >= 0.3 is 6.03 Å². The number of hydrogen-bond acceptors (Lipinski definition) is 4. The Kier molecular flexibility index (Phi) is 5.08. The van der Waals surface area contributed by atoms with E-state index in [1.807, 2.05) is 30.9 Å². The average Bonchev–Trinajstić information content (AvgIpc) is 3.32. The van der Waals surface area contributed by atoms with E-state index < -0.39 is 0 Å². The molecule has 7 nitrogen and oxygen atoms in total. The van der Waals surface area contributed by atoms with Crippen LogP contribution in [-0.2, 0) is 0 Å². The third kappa shape index (κ3) is 3.53. The summed E-state index contributed by atoms with van der Waals surface area (Å²) in [5.74, 6) is 0.606. The molecule has 1 saturated heterocycles. The van der Waals surface area contributed by atoms with Crippen LogP contribution >= 0.6 is 11.3 Å². The van der Waals surface area contributed by atoms with Crippen LogP contribution in [0.15, 0.2) is 24.4 Å². The first kappa shape index (κ1) is 17.5. The Morgan fingerprint density at radius 2 is 2.12 bits per heavy atom.